The lowest BCUT2D eigenvalue weighted by Crippen LogP contribution is -2.27. The highest BCUT2D eigenvalue weighted by molar-refractivity contribution is 5.93. The molecule has 0 bridgehead atoms. The monoisotopic (exact) mass is 318 g/mol. The maximum absolute atomic E-state index is 12.5. The Morgan fingerprint density at radius 1 is 1.17 bits per heavy atom. The van der Waals surface area contributed by atoms with E-state index < -0.39 is 0 Å². The van der Waals surface area contributed by atoms with Crippen LogP contribution in [0.2, 0.25) is 0 Å². The number of amides is 1. The molecular weight excluding hydrogens is 304 g/mol. The number of carbonyl (C=O) groups is 1. The van der Waals surface area contributed by atoms with Crippen LogP contribution in [0.3, 0.4) is 0 Å². The molecule has 0 unspecified atom stereocenters. The van der Waals surface area contributed by atoms with Gasteiger partial charge in [0.2, 0.25) is 0 Å². The van der Waals surface area contributed by atoms with Crippen LogP contribution in [0.5, 0.6) is 0 Å². The molecule has 0 radical (unpaired) electrons. The first-order valence-electron chi connectivity index (χ1n) is 7.36. The molecule has 1 aromatic heterocycles. The average Bonchev–Trinajstić information content (AvgIpc) is 2.61. The SMILES string of the molecule is CN(Cc1ccc(C#N)cc1)C(=O)c1cc(=O)c2ccccc2o1. The second-order valence-corrected chi connectivity index (χ2v) is 5.44. The van der Waals surface area contributed by atoms with E-state index in [2.05, 4.69) is 0 Å². The minimum Gasteiger partial charge on any atom is -0.451 e. The summed E-state index contributed by atoms with van der Waals surface area (Å²) in [6, 6.07) is 17.1. The van der Waals surface area contributed by atoms with Gasteiger partial charge in [-0.05, 0) is 29.8 Å². The van der Waals surface area contributed by atoms with E-state index in [4.69, 9.17) is 9.68 Å². The Labute approximate surface area is 138 Å². The zero-order valence-corrected chi connectivity index (χ0v) is 13.0. The third-order valence-corrected chi connectivity index (χ3v) is 3.69. The van der Waals surface area contributed by atoms with Crippen LogP contribution < -0.4 is 5.43 Å². The fraction of sp³-hybridized carbons (Fsp3) is 0.105. The van der Waals surface area contributed by atoms with Crippen molar-refractivity contribution >= 4 is 16.9 Å². The Hall–Kier alpha value is -3.39. The van der Waals surface area contributed by atoms with Gasteiger partial charge in [-0.2, -0.15) is 5.26 Å². The molecule has 1 heterocycles. The van der Waals surface area contributed by atoms with Gasteiger partial charge in [0.25, 0.3) is 5.91 Å². The van der Waals surface area contributed by atoms with Crippen molar-refractivity contribution in [2.45, 2.75) is 6.54 Å². The molecule has 0 aliphatic carbocycles. The minimum absolute atomic E-state index is 0.00912. The highest BCUT2D eigenvalue weighted by Gasteiger charge is 2.16. The van der Waals surface area contributed by atoms with Crippen LogP contribution in [0, 0.1) is 11.3 Å². The van der Waals surface area contributed by atoms with E-state index in [1.807, 2.05) is 6.07 Å². The number of fused-ring (bicyclic) bond motifs is 1. The van der Waals surface area contributed by atoms with Crippen LogP contribution in [-0.2, 0) is 6.54 Å². The van der Waals surface area contributed by atoms with E-state index in [1.165, 1.54) is 11.0 Å². The molecule has 2 aromatic carbocycles. The molecule has 0 aliphatic rings. The molecule has 0 saturated carbocycles. The molecule has 5 heteroatoms. The normalized spacial score (nSPS) is 10.3. The number of para-hydroxylation sites is 1. The molecule has 0 N–H and O–H groups in total. The summed E-state index contributed by atoms with van der Waals surface area (Å²) in [5.74, 6) is -0.364. The van der Waals surface area contributed by atoms with E-state index in [0.29, 0.717) is 23.1 Å². The van der Waals surface area contributed by atoms with Crippen LogP contribution in [0.1, 0.15) is 21.7 Å². The summed E-state index contributed by atoms with van der Waals surface area (Å²) < 4.78 is 5.57. The lowest BCUT2D eigenvalue weighted by molar-refractivity contribution is 0.0754. The van der Waals surface area contributed by atoms with Crippen molar-refractivity contribution in [3.05, 3.63) is 81.7 Å². The zero-order valence-electron chi connectivity index (χ0n) is 13.0. The van der Waals surface area contributed by atoms with Crippen LogP contribution >= 0.6 is 0 Å². The maximum atomic E-state index is 12.5. The zero-order chi connectivity index (χ0) is 17.1. The first-order chi connectivity index (χ1) is 11.6. The molecule has 24 heavy (non-hydrogen) atoms. The first kappa shape index (κ1) is 15.5. The van der Waals surface area contributed by atoms with Gasteiger partial charge in [-0.3, -0.25) is 9.59 Å². The van der Waals surface area contributed by atoms with Crippen molar-refractivity contribution in [3.63, 3.8) is 0 Å². The molecule has 0 spiro atoms. The van der Waals surface area contributed by atoms with Crippen molar-refractivity contribution in [3.8, 4) is 6.07 Å². The minimum atomic E-state index is -0.373. The number of benzene rings is 2. The maximum Gasteiger partial charge on any atom is 0.289 e. The van der Waals surface area contributed by atoms with Crippen LogP contribution in [0.15, 0.2) is 63.8 Å². The summed E-state index contributed by atoms with van der Waals surface area (Å²) in [4.78, 5) is 26.1. The largest absolute Gasteiger partial charge is 0.451 e. The van der Waals surface area contributed by atoms with E-state index in [-0.39, 0.29) is 17.1 Å². The van der Waals surface area contributed by atoms with Crippen molar-refractivity contribution in [1.29, 1.82) is 5.26 Å². The van der Waals surface area contributed by atoms with Crippen LogP contribution in [0.25, 0.3) is 11.0 Å². The Morgan fingerprint density at radius 2 is 1.88 bits per heavy atom. The Balaban J connectivity index is 1.85. The molecule has 118 valence electrons. The first-order valence-corrected chi connectivity index (χ1v) is 7.36. The molecule has 0 atom stereocenters. The predicted molar refractivity (Wildman–Crippen MR) is 89.4 cm³/mol. The van der Waals surface area contributed by atoms with E-state index in [1.54, 1.807) is 55.6 Å². The Bertz CT molecular complexity index is 998. The number of hydrogen-bond acceptors (Lipinski definition) is 4. The van der Waals surface area contributed by atoms with E-state index in [0.717, 1.165) is 5.56 Å². The number of hydrogen-bond donors (Lipinski definition) is 0. The van der Waals surface area contributed by atoms with Crippen molar-refractivity contribution in [1.82, 2.24) is 4.90 Å². The molecule has 0 fully saturated rings. The molecular formula is C19H14N2O3. The smallest absolute Gasteiger partial charge is 0.289 e. The van der Waals surface area contributed by atoms with Gasteiger partial charge in [-0.15, -0.1) is 0 Å². The molecule has 0 aliphatic heterocycles. The van der Waals surface area contributed by atoms with Crippen LogP contribution in [-0.4, -0.2) is 17.9 Å². The third-order valence-electron chi connectivity index (χ3n) is 3.69. The second-order valence-electron chi connectivity index (χ2n) is 5.44. The summed E-state index contributed by atoms with van der Waals surface area (Å²) in [7, 11) is 1.63. The molecule has 3 rings (SSSR count). The summed E-state index contributed by atoms with van der Waals surface area (Å²) in [6.45, 7) is 0.348. The predicted octanol–water partition coefficient (Wildman–Crippen LogP) is 2.94. The number of nitrogens with zero attached hydrogens (tertiary/aromatic N) is 2. The highest BCUT2D eigenvalue weighted by Crippen LogP contribution is 2.14. The lowest BCUT2D eigenvalue weighted by atomic mass is 10.1. The second kappa shape index (κ2) is 6.39. The molecule has 0 saturated heterocycles. The summed E-state index contributed by atoms with van der Waals surface area (Å²) in [5, 5.41) is 9.25. The summed E-state index contributed by atoms with van der Waals surface area (Å²) >= 11 is 0. The molecule has 1 amide bonds. The fourth-order valence-corrected chi connectivity index (χ4v) is 2.43. The van der Waals surface area contributed by atoms with Gasteiger partial charge in [0.05, 0.1) is 17.0 Å². The average molecular weight is 318 g/mol. The van der Waals surface area contributed by atoms with Gasteiger partial charge in [0.15, 0.2) is 11.2 Å². The van der Waals surface area contributed by atoms with E-state index >= 15 is 0 Å². The summed E-state index contributed by atoms with van der Waals surface area (Å²) in [5.41, 5.74) is 1.59. The lowest BCUT2D eigenvalue weighted by Gasteiger charge is -2.16. The van der Waals surface area contributed by atoms with Gasteiger partial charge >= 0.3 is 0 Å². The van der Waals surface area contributed by atoms with Gasteiger partial charge in [0, 0.05) is 19.7 Å². The Kier molecular flexibility index (Phi) is 4.13. The number of nitriles is 1. The topological polar surface area (TPSA) is 74.3 Å². The molecule has 3 aromatic rings. The summed E-state index contributed by atoms with van der Waals surface area (Å²) in [6.07, 6.45) is 0. The third kappa shape index (κ3) is 3.03. The van der Waals surface area contributed by atoms with Gasteiger partial charge in [-0.25, -0.2) is 0 Å². The van der Waals surface area contributed by atoms with Gasteiger partial charge in [-0.1, -0.05) is 24.3 Å². The molecule has 5 nitrogen and oxygen atoms in total. The standard InChI is InChI=1S/C19H14N2O3/c1-21(12-14-8-6-13(11-20)7-9-14)19(23)18-10-16(22)15-4-2-3-5-17(15)24-18/h2-10H,12H2,1H3. The highest BCUT2D eigenvalue weighted by atomic mass is 16.3. The van der Waals surface area contributed by atoms with Crippen molar-refractivity contribution in [2.24, 2.45) is 0 Å². The number of rotatable bonds is 3. The fourth-order valence-electron chi connectivity index (χ4n) is 2.43. The quantitative estimate of drug-likeness (QED) is 0.744. The van der Waals surface area contributed by atoms with Gasteiger partial charge in [0.1, 0.15) is 5.58 Å². The van der Waals surface area contributed by atoms with Crippen molar-refractivity contribution < 1.29 is 9.21 Å². The number of carbonyl (C=O) groups excluding carboxylic acids is 1. The van der Waals surface area contributed by atoms with E-state index in [9.17, 15) is 9.59 Å². The van der Waals surface area contributed by atoms with Gasteiger partial charge < -0.3 is 9.32 Å². The van der Waals surface area contributed by atoms with Crippen molar-refractivity contribution in [2.75, 3.05) is 7.05 Å². The van der Waals surface area contributed by atoms with Crippen LogP contribution in [0.4, 0.5) is 0 Å². The Morgan fingerprint density at radius 3 is 2.58 bits per heavy atom.